The summed E-state index contributed by atoms with van der Waals surface area (Å²) in [5.74, 6) is 0.0300. The van der Waals surface area contributed by atoms with Crippen molar-refractivity contribution < 1.29 is 29.3 Å². The summed E-state index contributed by atoms with van der Waals surface area (Å²) < 4.78 is 11.7. The number of carboxylic acids is 1. The molecular weight excluding hydrogens is 388 g/mol. The number of hydrogen-bond donors (Lipinski definition) is 2. The second-order valence-electron chi connectivity index (χ2n) is 7.01. The summed E-state index contributed by atoms with van der Waals surface area (Å²) in [6.07, 6.45) is -0.663. The SMILES string of the molecule is CC1OC(c2ccccc2)=NC1CCOc1cccc(CN(CC(=O)O)C(=O)O)c1. The fraction of sp³-hybridized carbons (Fsp3) is 0.318. The van der Waals surface area contributed by atoms with Gasteiger partial charge in [0, 0.05) is 18.5 Å². The summed E-state index contributed by atoms with van der Waals surface area (Å²) in [6, 6.07) is 16.7. The molecular formula is C22H24N2O6. The zero-order valence-corrected chi connectivity index (χ0v) is 16.6. The van der Waals surface area contributed by atoms with Crippen molar-refractivity contribution in [3.8, 4) is 5.75 Å². The van der Waals surface area contributed by atoms with Crippen LogP contribution in [0.2, 0.25) is 0 Å². The smallest absolute Gasteiger partial charge is 0.408 e. The van der Waals surface area contributed by atoms with Crippen molar-refractivity contribution in [2.24, 2.45) is 4.99 Å². The molecule has 0 bridgehead atoms. The molecule has 30 heavy (non-hydrogen) atoms. The second kappa shape index (κ2) is 9.78. The number of aliphatic carboxylic acids is 1. The average molecular weight is 412 g/mol. The van der Waals surface area contributed by atoms with Gasteiger partial charge in [0.2, 0.25) is 5.90 Å². The molecule has 0 radical (unpaired) electrons. The van der Waals surface area contributed by atoms with Crippen LogP contribution in [0.5, 0.6) is 5.75 Å². The highest BCUT2D eigenvalue weighted by Gasteiger charge is 2.27. The van der Waals surface area contributed by atoms with Crippen LogP contribution in [0.3, 0.4) is 0 Å². The van der Waals surface area contributed by atoms with E-state index in [0.29, 0.717) is 30.2 Å². The van der Waals surface area contributed by atoms with E-state index in [4.69, 9.17) is 19.7 Å². The Kier molecular flexibility index (Phi) is 6.90. The molecule has 2 aromatic rings. The molecule has 8 heteroatoms. The second-order valence-corrected chi connectivity index (χ2v) is 7.01. The molecule has 2 aromatic carbocycles. The average Bonchev–Trinajstić information content (AvgIpc) is 3.09. The van der Waals surface area contributed by atoms with E-state index < -0.39 is 18.6 Å². The summed E-state index contributed by atoms with van der Waals surface area (Å²) in [7, 11) is 0. The van der Waals surface area contributed by atoms with Crippen molar-refractivity contribution in [3.63, 3.8) is 0 Å². The van der Waals surface area contributed by atoms with Crippen molar-refractivity contribution in [2.75, 3.05) is 13.2 Å². The lowest BCUT2D eigenvalue weighted by Crippen LogP contribution is -2.33. The molecule has 158 valence electrons. The van der Waals surface area contributed by atoms with E-state index >= 15 is 0 Å². The minimum atomic E-state index is -1.29. The van der Waals surface area contributed by atoms with Crippen LogP contribution in [0, 0.1) is 0 Å². The number of carbonyl (C=O) groups is 2. The first-order chi connectivity index (χ1) is 14.4. The van der Waals surface area contributed by atoms with E-state index in [9.17, 15) is 9.59 Å². The van der Waals surface area contributed by atoms with Gasteiger partial charge in [0.1, 0.15) is 18.4 Å². The van der Waals surface area contributed by atoms with Crippen molar-refractivity contribution in [3.05, 3.63) is 65.7 Å². The zero-order chi connectivity index (χ0) is 21.5. The number of aliphatic imine (C=N–C) groups is 1. The Balaban J connectivity index is 1.55. The van der Waals surface area contributed by atoms with Gasteiger partial charge >= 0.3 is 12.1 Å². The Morgan fingerprint density at radius 1 is 1.13 bits per heavy atom. The molecule has 0 spiro atoms. The van der Waals surface area contributed by atoms with Crippen molar-refractivity contribution in [1.29, 1.82) is 0 Å². The first-order valence-electron chi connectivity index (χ1n) is 9.63. The molecule has 1 aliphatic heterocycles. The number of nitrogens with zero attached hydrogens (tertiary/aromatic N) is 2. The van der Waals surface area contributed by atoms with Crippen LogP contribution in [-0.2, 0) is 16.1 Å². The van der Waals surface area contributed by atoms with Crippen molar-refractivity contribution in [1.82, 2.24) is 4.90 Å². The monoisotopic (exact) mass is 412 g/mol. The summed E-state index contributed by atoms with van der Waals surface area (Å²) in [5.41, 5.74) is 1.60. The quantitative estimate of drug-likeness (QED) is 0.654. The van der Waals surface area contributed by atoms with Gasteiger partial charge in [0.05, 0.1) is 12.6 Å². The predicted octanol–water partition coefficient (Wildman–Crippen LogP) is 3.25. The summed E-state index contributed by atoms with van der Waals surface area (Å²) >= 11 is 0. The van der Waals surface area contributed by atoms with Gasteiger partial charge in [0.15, 0.2) is 0 Å². The van der Waals surface area contributed by atoms with Gasteiger partial charge in [-0.2, -0.15) is 0 Å². The van der Waals surface area contributed by atoms with Crippen LogP contribution < -0.4 is 4.74 Å². The normalized spacial score (nSPS) is 17.7. The van der Waals surface area contributed by atoms with E-state index in [1.54, 1.807) is 24.3 Å². The molecule has 1 amide bonds. The molecule has 0 saturated heterocycles. The third-order valence-electron chi connectivity index (χ3n) is 4.69. The van der Waals surface area contributed by atoms with E-state index in [1.165, 1.54) is 0 Å². The number of benzene rings is 2. The minimum absolute atomic E-state index is 0.0125. The fourth-order valence-electron chi connectivity index (χ4n) is 3.17. The number of carboxylic acid groups (broad SMARTS) is 2. The molecule has 1 heterocycles. The lowest BCUT2D eigenvalue weighted by Gasteiger charge is -2.17. The maximum absolute atomic E-state index is 11.2. The molecule has 2 atom stereocenters. The number of rotatable bonds is 9. The number of ether oxygens (including phenoxy) is 2. The van der Waals surface area contributed by atoms with Gasteiger partial charge in [-0.25, -0.2) is 9.79 Å². The van der Waals surface area contributed by atoms with Crippen molar-refractivity contribution in [2.45, 2.75) is 32.0 Å². The number of hydrogen-bond acceptors (Lipinski definition) is 5. The highest BCUT2D eigenvalue weighted by atomic mass is 16.5. The Hall–Kier alpha value is -3.55. The van der Waals surface area contributed by atoms with E-state index in [-0.39, 0.29) is 18.7 Å². The largest absolute Gasteiger partial charge is 0.494 e. The summed E-state index contributed by atoms with van der Waals surface area (Å²) in [6.45, 7) is 1.79. The third-order valence-corrected chi connectivity index (χ3v) is 4.69. The Morgan fingerprint density at radius 3 is 2.60 bits per heavy atom. The first-order valence-corrected chi connectivity index (χ1v) is 9.63. The Bertz CT molecular complexity index is 915. The fourth-order valence-corrected chi connectivity index (χ4v) is 3.17. The van der Waals surface area contributed by atoms with Gasteiger partial charge in [-0.3, -0.25) is 9.69 Å². The number of amides is 1. The molecule has 2 unspecified atom stereocenters. The Labute approximate surface area is 174 Å². The highest BCUT2D eigenvalue weighted by molar-refractivity contribution is 5.95. The van der Waals surface area contributed by atoms with E-state index in [0.717, 1.165) is 10.5 Å². The van der Waals surface area contributed by atoms with Gasteiger partial charge in [-0.1, -0.05) is 30.3 Å². The highest BCUT2D eigenvalue weighted by Crippen LogP contribution is 2.21. The van der Waals surface area contributed by atoms with Crippen LogP contribution in [0.1, 0.15) is 24.5 Å². The van der Waals surface area contributed by atoms with E-state index in [1.807, 2.05) is 37.3 Å². The Morgan fingerprint density at radius 2 is 1.90 bits per heavy atom. The van der Waals surface area contributed by atoms with Crippen LogP contribution in [0.25, 0.3) is 0 Å². The molecule has 8 nitrogen and oxygen atoms in total. The van der Waals surface area contributed by atoms with Gasteiger partial charge in [-0.05, 0) is 36.8 Å². The van der Waals surface area contributed by atoms with Crippen LogP contribution in [0.4, 0.5) is 4.79 Å². The first kappa shape index (κ1) is 21.2. The van der Waals surface area contributed by atoms with Gasteiger partial charge in [-0.15, -0.1) is 0 Å². The van der Waals surface area contributed by atoms with Gasteiger partial charge < -0.3 is 19.7 Å². The standard InChI is InChI=1S/C22H24N2O6/c1-15-19(23-21(30-15)17-7-3-2-4-8-17)10-11-29-18-9-5-6-16(12-18)13-24(22(27)28)14-20(25)26/h2-9,12,15,19H,10-11,13-14H2,1H3,(H,25,26)(H,27,28). The molecule has 0 saturated carbocycles. The molecule has 0 fully saturated rings. The lowest BCUT2D eigenvalue weighted by atomic mass is 10.1. The third kappa shape index (κ3) is 5.73. The topological polar surface area (TPSA) is 109 Å². The maximum Gasteiger partial charge on any atom is 0.408 e. The van der Waals surface area contributed by atoms with E-state index in [2.05, 4.69) is 4.99 Å². The summed E-state index contributed by atoms with van der Waals surface area (Å²) in [4.78, 5) is 27.5. The van der Waals surface area contributed by atoms with Crippen LogP contribution >= 0.6 is 0 Å². The zero-order valence-electron chi connectivity index (χ0n) is 16.6. The molecule has 0 aromatic heterocycles. The van der Waals surface area contributed by atoms with Crippen LogP contribution in [0.15, 0.2) is 59.6 Å². The summed E-state index contributed by atoms with van der Waals surface area (Å²) in [5, 5.41) is 18.0. The van der Waals surface area contributed by atoms with Crippen molar-refractivity contribution >= 4 is 18.0 Å². The predicted molar refractivity (Wildman–Crippen MR) is 110 cm³/mol. The maximum atomic E-state index is 11.2. The van der Waals surface area contributed by atoms with Crippen LogP contribution in [-0.4, -0.2) is 58.4 Å². The molecule has 2 N–H and O–H groups in total. The lowest BCUT2D eigenvalue weighted by molar-refractivity contribution is -0.138. The minimum Gasteiger partial charge on any atom is -0.494 e. The van der Waals surface area contributed by atoms with Gasteiger partial charge in [0.25, 0.3) is 0 Å². The molecule has 3 rings (SSSR count). The molecule has 0 aliphatic carbocycles. The molecule has 1 aliphatic rings.